The maximum atomic E-state index is 13.7. The SMILES string of the molecule is NCc1ccc(NC(=O)C2CCCCC2)c(F)c1. The summed E-state index contributed by atoms with van der Waals surface area (Å²) in [5.74, 6) is -0.441. The molecule has 98 valence electrons. The van der Waals surface area contributed by atoms with Gasteiger partial charge >= 0.3 is 0 Å². The van der Waals surface area contributed by atoms with Crippen molar-refractivity contribution < 1.29 is 9.18 Å². The van der Waals surface area contributed by atoms with Crippen molar-refractivity contribution in [3.05, 3.63) is 29.6 Å². The predicted molar refractivity (Wildman–Crippen MR) is 69.5 cm³/mol. The summed E-state index contributed by atoms with van der Waals surface area (Å²) in [7, 11) is 0. The van der Waals surface area contributed by atoms with Crippen LogP contribution in [0.3, 0.4) is 0 Å². The molecule has 18 heavy (non-hydrogen) atoms. The Morgan fingerprint density at radius 2 is 2.06 bits per heavy atom. The fourth-order valence-electron chi connectivity index (χ4n) is 2.39. The molecule has 1 fully saturated rings. The standard InChI is InChI=1S/C14H19FN2O/c15-12-8-10(9-16)6-7-13(12)17-14(18)11-4-2-1-3-5-11/h6-8,11H,1-5,9,16H2,(H,17,18). The van der Waals surface area contributed by atoms with Gasteiger partial charge in [-0.05, 0) is 30.5 Å². The molecule has 0 heterocycles. The highest BCUT2D eigenvalue weighted by Crippen LogP contribution is 2.25. The Morgan fingerprint density at radius 3 is 2.67 bits per heavy atom. The minimum absolute atomic E-state index is 0.0346. The maximum Gasteiger partial charge on any atom is 0.227 e. The summed E-state index contributed by atoms with van der Waals surface area (Å²) in [6, 6.07) is 4.69. The van der Waals surface area contributed by atoms with E-state index >= 15 is 0 Å². The van der Waals surface area contributed by atoms with E-state index < -0.39 is 5.82 Å². The van der Waals surface area contributed by atoms with Crippen LogP contribution in [0.5, 0.6) is 0 Å². The first-order valence-electron chi connectivity index (χ1n) is 6.50. The van der Waals surface area contributed by atoms with Crippen LogP contribution in [0.15, 0.2) is 18.2 Å². The van der Waals surface area contributed by atoms with Crippen LogP contribution in [0.1, 0.15) is 37.7 Å². The predicted octanol–water partition coefficient (Wildman–Crippen LogP) is 2.80. The Balaban J connectivity index is 2.02. The summed E-state index contributed by atoms with van der Waals surface area (Å²) in [5.41, 5.74) is 6.41. The van der Waals surface area contributed by atoms with Crippen molar-refractivity contribution in [3.63, 3.8) is 0 Å². The smallest absolute Gasteiger partial charge is 0.227 e. The van der Waals surface area contributed by atoms with Crippen molar-refractivity contribution in [1.82, 2.24) is 0 Å². The van der Waals surface area contributed by atoms with Gasteiger partial charge in [-0.25, -0.2) is 4.39 Å². The van der Waals surface area contributed by atoms with E-state index in [9.17, 15) is 9.18 Å². The van der Waals surface area contributed by atoms with Gasteiger partial charge in [-0.1, -0.05) is 25.3 Å². The van der Waals surface area contributed by atoms with Gasteiger partial charge in [0.25, 0.3) is 0 Å². The summed E-state index contributed by atoms with van der Waals surface area (Å²) in [4.78, 5) is 12.0. The summed E-state index contributed by atoms with van der Waals surface area (Å²) in [5, 5.41) is 2.68. The van der Waals surface area contributed by atoms with Crippen LogP contribution < -0.4 is 11.1 Å². The van der Waals surface area contributed by atoms with E-state index in [0.29, 0.717) is 6.54 Å². The second-order valence-electron chi connectivity index (χ2n) is 4.84. The second-order valence-corrected chi connectivity index (χ2v) is 4.84. The molecule has 2 rings (SSSR count). The third kappa shape index (κ3) is 3.07. The van der Waals surface area contributed by atoms with Crippen LogP contribution in [0.4, 0.5) is 10.1 Å². The molecule has 0 aromatic heterocycles. The maximum absolute atomic E-state index is 13.7. The van der Waals surface area contributed by atoms with E-state index in [1.165, 1.54) is 12.5 Å². The van der Waals surface area contributed by atoms with Crippen LogP contribution in [0.25, 0.3) is 0 Å². The molecule has 3 nitrogen and oxygen atoms in total. The van der Waals surface area contributed by atoms with Crippen LogP contribution in [-0.4, -0.2) is 5.91 Å². The van der Waals surface area contributed by atoms with Crippen molar-refractivity contribution >= 4 is 11.6 Å². The lowest BCUT2D eigenvalue weighted by Crippen LogP contribution is -2.25. The molecule has 1 aromatic carbocycles. The van der Waals surface area contributed by atoms with E-state index in [1.807, 2.05) is 0 Å². The number of halogens is 1. The lowest BCUT2D eigenvalue weighted by Gasteiger charge is -2.20. The summed E-state index contributed by atoms with van der Waals surface area (Å²) in [6.45, 7) is 0.299. The molecule has 1 amide bonds. The minimum Gasteiger partial charge on any atom is -0.326 e. The number of nitrogens with two attached hydrogens (primary N) is 1. The average molecular weight is 250 g/mol. The van der Waals surface area contributed by atoms with Crippen molar-refractivity contribution in [1.29, 1.82) is 0 Å². The molecule has 0 bridgehead atoms. The Morgan fingerprint density at radius 1 is 1.33 bits per heavy atom. The third-order valence-corrected chi connectivity index (χ3v) is 3.50. The van der Waals surface area contributed by atoms with E-state index in [1.54, 1.807) is 12.1 Å². The second kappa shape index (κ2) is 5.96. The van der Waals surface area contributed by atoms with Gasteiger partial charge in [0.2, 0.25) is 5.91 Å². The molecule has 0 spiro atoms. The quantitative estimate of drug-likeness (QED) is 0.866. The Labute approximate surface area is 107 Å². The lowest BCUT2D eigenvalue weighted by atomic mass is 9.88. The molecule has 0 aliphatic heterocycles. The van der Waals surface area contributed by atoms with Crippen molar-refractivity contribution in [3.8, 4) is 0 Å². The summed E-state index contributed by atoms with van der Waals surface area (Å²) < 4.78 is 13.7. The number of carbonyl (C=O) groups is 1. The van der Waals surface area contributed by atoms with Gasteiger partial charge in [-0.15, -0.1) is 0 Å². The van der Waals surface area contributed by atoms with Gasteiger partial charge < -0.3 is 11.1 Å². The van der Waals surface area contributed by atoms with Gasteiger partial charge in [-0.3, -0.25) is 4.79 Å². The lowest BCUT2D eigenvalue weighted by molar-refractivity contribution is -0.120. The molecular weight excluding hydrogens is 231 g/mol. The summed E-state index contributed by atoms with van der Waals surface area (Å²) >= 11 is 0. The third-order valence-electron chi connectivity index (χ3n) is 3.50. The average Bonchev–Trinajstić information content (AvgIpc) is 2.42. The molecule has 1 saturated carbocycles. The molecule has 0 atom stereocenters. The van der Waals surface area contributed by atoms with E-state index in [2.05, 4.69) is 5.32 Å². The molecule has 0 radical (unpaired) electrons. The summed E-state index contributed by atoms with van der Waals surface area (Å²) in [6.07, 6.45) is 5.20. The van der Waals surface area contributed by atoms with Crippen molar-refractivity contribution in [2.45, 2.75) is 38.6 Å². The highest BCUT2D eigenvalue weighted by atomic mass is 19.1. The number of benzene rings is 1. The fraction of sp³-hybridized carbons (Fsp3) is 0.500. The topological polar surface area (TPSA) is 55.1 Å². The van der Waals surface area contributed by atoms with Crippen molar-refractivity contribution in [2.24, 2.45) is 11.7 Å². The number of nitrogens with one attached hydrogen (secondary N) is 1. The number of hydrogen-bond acceptors (Lipinski definition) is 2. The van der Waals surface area contributed by atoms with Gasteiger partial charge in [0, 0.05) is 12.5 Å². The van der Waals surface area contributed by atoms with Crippen LogP contribution in [0, 0.1) is 11.7 Å². The zero-order chi connectivity index (χ0) is 13.0. The number of rotatable bonds is 3. The fourth-order valence-corrected chi connectivity index (χ4v) is 2.39. The van der Waals surface area contributed by atoms with E-state index in [0.717, 1.165) is 31.2 Å². The first-order chi connectivity index (χ1) is 8.70. The molecule has 0 saturated heterocycles. The molecule has 0 unspecified atom stereocenters. The Bertz CT molecular complexity index is 428. The number of carbonyl (C=O) groups excluding carboxylic acids is 1. The van der Waals surface area contributed by atoms with E-state index in [-0.39, 0.29) is 17.5 Å². The largest absolute Gasteiger partial charge is 0.326 e. The Hall–Kier alpha value is -1.42. The Kier molecular flexibility index (Phi) is 4.31. The zero-order valence-electron chi connectivity index (χ0n) is 10.4. The number of anilines is 1. The van der Waals surface area contributed by atoms with E-state index in [4.69, 9.17) is 5.73 Å². The zero-order valence-corrected chi connectivity index (χ0v) is 10.4. The minimum atomic E-state index is -0.415. The first-order valence-corrected chi connectivity index (χ1v) is 6.50. The molecule has 3 N–H and O–H groups in total. The van der Waals surface area contributed by atoms with Crippen LogP contribution >= 0.6 is 0 Å². The molecule has 1 aromatic rings. The molecule has 4 heteroatoms. The van der Waals surface area contributed by atoms with Crippen molar-refractivity contribution in [2.75, 3.05) is 5.32 Å². The van der Waals surface area contributed by atoms with Crippen LogP contribution in [-0.2, 0) is 11.3 Å². The monoisotopic (exact) mass is 250 g/mol. The molecular formula is C14H19FN2O. The number of hydrogen-bond donors (Lipinski definition) is 2. The van der Waals surface area contributed by atoms with Crippen LogP contribution in [0.2, 0.25) is 0 Å². The molecule has 1 aliphatic rings. The van der Waals surface area contributed by atoms with Gasteiger partial charge in [0.05, 0.1) is 5.69 Å². The highest BCUT2D eigenvalue weighted by molar-refractivity contribution is 5.92. The van der Waals surface area contributed by atoms with Gasteiger partial charge in [0.1, 0.15) is 5.82 Å². The number of amides is 1. The highest BCUT2D eigenvalue weighted by Gasteiger charge is 2.21. The van der Waals surface area contributed by atoms with Gasteiger partial charge in [-0.2, -0.15) is 0 Å². The molecule has 1 aliphatic carbocycles. The first kappa shape index (κ1) is 13.0. The van der Waals surface area contributed by atoms with Gasteiger partial charge in [0.15, 0.2) is 0 Å². The normalized spacial score (nSPS) is 16.6.